The van der Waals surface area contributed by atoms with Crippen molar-refractivity contribution in [1.29, 1.82) is 0 Å². The van der Waals surface area contributed by atoms with Gasteiger partial charge in [0.1, 0.15) is 146 Å². The number of aliphatic hydroxyl groups is 16. The molecule has 56 nitrogen and oxygen atoms in total. The van der Waals surface area contributed by atoms with Gasteiger partial charge in [-0.1, -0.05) is 0 Å². The zero-order chi connectivity index (χ0) is 107. The normalized spacial score (nSPS) is 39.4. The lowest BCUT2D eigenvalue weighted by molar-refractivity contribution is -0.396. The summed E-state index contributed by atoms with van der Waals surface area (Å²) in [4.78, 5) is 0. The quantitative estimate of drug-likeness (QED) is 0.0199. The number of rotatable bonds is 48. The predicted octanol–water partition coefficient (Wildman–Crippen LogP) is -9.26. The molecule has 30 fully saturated rings. The van der Waals surface area contributed by atoms with E-state index in [0.717, 1.165) is 94.1 Å². The van der Waals surface area contributed by atoms with E-state index < -0.39 is 419 Å². The van der Waals surface area contributed by atoms with E-state index in [2.05, 4.69) is 0 Å². The lowest BCUT2D eigenvalue weighted by Gasteiger charge is -2.51. The van der Waals surface area contributed by atoms with Crippen LogP contribution >= 0.6 is 94.1 Å². The number of hydrogen-bond donors (Lipinski definition) is 24. The van der Waals surface area contributed by atoms with E-state index in [0.29, 0.717) is 0 Å². The van der Waals surface area contributed by atoms with E-state index >= 15 is 0 Å². The molecule has 0 radical (unpaired) electrons. The van der Waals surface area contributed by atoms with Crippen LogP contribution in [0.15, 0.2) is 0 Å². The van der Waals surface area contributed by atoms with Crippen LogP contribution in [0.1, 0.15) is 51.4 Å². The Morgan fingerprint density at radius 2 is 0.236 bits per heavy atom. The molecule has 0 spiro atoms. The van der Waals surface area contributed by atoms with Crippen molar-refractivity contribution in [2.24, 2.45) is 0 Å². The molecule has 24 N–H and O–H groups in total. The second-order valence-corrected chi connectivity index (χ2v) is 56.5. The van der Waals surface area contributed by atoms with Gasteiger partial charge in [-0.3, -0.25) is 36.4 Å². The van der Waals surface area contributed by atoms with Crippen molar-refractivity contribution in [3.63, 3.8) is 0 Å². The fourth-order valence-corrected chi connectivity index (χ4v) is 29.8. The summed E-state index contributed by atoms with van der Waals surface area (Å²) in [6, 6.07) is 0. The summed E-state index contributed by atoms with van der Waals surface area (Å²) < 4.78 is 368. The third-order valence-corrected chi connectivity index (χ3v) is 38.8. The summed E-state index contributed by atoms with van der Waals surface area (Å²) in [5.41, 5.74) is 0. The Bertz CT molecular complexity index is 3960. The Labute approximate surface area is 864 Å². The highest BCUT2D eigenvalue weighted by Crippen LogP contribution is 2.43. The molecule has 144 heavy (non-hydrogen) atoms. The Balaban J connectivity index is 1.15. The van der Waals surface area contributed by atoms with Gasteiger partial charge in [0.25, 0.3) is 80.9 Å². The number of thioether (sulfide) groups is 8. The molecule has 40 atom stereocenters. The third kappa shape index (κ3) is 40.9. The average Bonchev–Trinajstić information content (AvgIpc) is 0.767. The molecule has 72 heteroatoms. The largest absolute Gasteiger partial charge is 0.387 e. The lowest BCUT2D eigenvalue weighted by atomic mass is 9.95. The van der Waals surface area contributed by atoms with E-state index in [4.69, 9.17) is 75.8 Å². The maximum atomic E-state index is 12.4. The number of hydrogen-bond acceptors (Lipinski definition) is 56. The smallest absolute Gasteiger partial charge is 0.264 e. The first-order valence-electron chi connectivity index (χ1n) is 44.7. The topological polar surface area (TPSA) is 906 Å². The van der Waals surface area contributed by atoms with Gasteiger partial charge in [-0.2, -0.15) is 161 Å². The van der Waals surface area contributed by atoms with Gasteiger partial charge < -0.3 is 157 Å². The van der Waals surface area contributed by atoms with Crippen LogP contribution in [0.25, 0.3) is 0 Å². The molecular weight excluding hydrogens is 2270 g/mol. The minimum absolute atomic E-state index is 0.156. The summed E-state index contributed by atoms with van der Waals surface area (Å²) in [7, 11) is -36.8. The Morgan fingerprint density at radius 3 is 0.319 bits per heavy atom. The first-order chi connectivity index (χ1) is 67.1. The monoisotopic (exact) mass is 2400 g/mol. The second-order valence-electron chi connectivity index (χ2n) is 34.7. The fourth-order valence-electron chi connectivity index (χ4n) is 16.1. The van der Waals surface area contributed by atoms with Crippen LogP contribution in [0, 0.1) is 0 Å². The summed E-state index contributed by atoms with van der Waals surface area (Å²) in [5.74, 6) is -11.4. The summed E-state index contributed by atoms with van der Waals surface area (Å²) in [6.07, 6.45) is -88.6. The molecule has 0 amide bonds. The molecule has 30 aliphatic rings. The van der Waals surface area contributed by atoms with Crippen molar-refractivity contribution in [3.05, 3.63) is 0 Å². The molecule has 16 bridgehead atoms. The highest BCUT2D eigenvalue weighted by Gasteiger charge is 2.61. The predicted molar refractivity (Wildman–Crippen MR) is 511 cm³/mol. The summed E-state index contributed by atoms with van der Waals surface area (Å²) in [6.45, 7) is 0. The van der Waals surface area contributed by atoms with Gasteiger partial charge in [-0.15, -0.1) is 0 Å². The van der Waals surface area contributed by atoms with Crippen LogP contribution in [0.3, 0.4) is 0 Å². The fraction of sp³-hybridized carbons (Fsp3) is 1.00. The molecule has 30 rings (SSSR count). The Kier molecular flexibility index (Phi) is 51.7. The van der Waals surface area contributed by atoms with Crippen molar-refractivity contribution in [1.82, 2.24) is 0 Å². The Hall–Kier alpha value is 0.800. The molecule has 0 aromatic rings. The highest BCUT2D eigenvalue weighted by molar-refractivity contribution is 8.01. The zero-order valence-electron chi connectivity index (χ0n) is 76.1. The molecule has 0 saturated carbocycles. The van der Waals surface area contributed by atoms with Crippen LogP contribution in [0.4, 0.5) is 0 Å². The molecule has 30 heterocycles. The Morgan fingerprint density at radius 1 is 0.146 bits per heavy atom. The van der Waals surface area contributed by atoms with Crippen molar-refractivity contribution < 1.29 is 261 Å². The van der Waals surface area contributed by atoms with Gasteiger partial charge in [-0.25, -0.2) is 0 Å². The highest BCUT2D eigenvalue weighted by atomic mass is 32.3. The molecular formula is C72H128O56S16. The van der Waals surface area contributed by atoms with Crippen molar-refractivity contribution >= 4 is 175 Å². The second kappa shape index (κ2) is 58.0. The molecule has 848 valence electrons. The molecule has 0 aromatic heterocycles. The van der Waals surface area contributed by atoms with E-state index in [9.17, 15) is 185 Å². The number of aliphatic hydroxyl groups excluding tert-OH is 16. The van der Waals surface area contributed by atoms with Crippen LogP contribution in [-0.4, -0.2) is 569 Å². The van der Waals surface area contributed by atoms with Crippen molar-refractivity contribution in [3.8, 4) is 0 Å². The minimum atomic E-state index is -4.60. The van der Waals surface area contributed by atoms with Gasteiger partial charge in [0.15, 0.2) is 50.3 Å². The van der Waals surface area contributed by atoms with Gasteiger partial charge in [0.05, 0.1) is 94.9 Å². The molecule has 0 aliphatic carbocycles. The van der Waals surface area contributed by atoms with Gasteiger partial charge in [0.2, 0.25) is 0 Å². The SMILES string of the molecule is O=S(=O)(O)CCCSCC1O[C@@H]2O[C@@H]3C(CSCCCS(=O)(=O)O)O[C@H](O[C@@H]4C(CSCCCS(=O)(=O)O)O[C@H](O[C@@H]5C(CSCCCS(=O)(=O)O)O[C@H](O[C@@H]6C(CSCCCS(=O)(=O)O)O[C@H](O[C@@H]7C(CSCCCS(=O)(=O)O)O[C@H](O[C@@H]8C(CSCCCS(=O)(=O)O)O[C@H](O[C@@H]9C(CSCCCS(=O)(=O)O)O[C@H](O[C@H]1C(O)C2O)C(O)C9O)C(O)C8O)C(O)C7O)C(O)C6O)C(O)C5O)C(O)C4O)C(O)C3O. The molecule has 30 saturated heterocycles. The van der Waals surface area contributed by atoms with Crippen molar-refractivity contribution in [2.75, 3.05) is 138 Å². The van der Waals surface area contributed by atoms with E-state index in [1.165, 1.54) is 0 Å². The maximum absolute atomic E-state index is 12.4. The molecule has 30 aliphatic heterocycles. The maximum Gasteiger partial charge on any atom is 0.264 e. The van der Waals surface area contributed by atoms with Gasteiger partial charge >= 0.3 is 0 Å². The van der Waals surface area contributed by atoms with E-state index in [1.54, 1.807) is 0 Å². The first kappa shape index (κ1) is 128. The zero-order valence-corrected chi connectivity index (χ0v) is 89.1. The standard InChI is InChI=1S/C72H128O56S16/c73-41-49(81)65-113-33(25-129-9-1-17-137(89,90)91)57(41)121-66-50(82)42(74)59(35(114-66)27-131-11-3-19-139(95,96)97)123-68-52(84)44(76)61(37(116-68)29-133-13-5-21-141(101,102)103)125-70-54(86)46(78)63(39(118-70)31-135-15-7-23-143(107,108)109)127-72-56(88)48(80)64(40(120-72)32-136-16-8-24-144(110,111)112)128-71-55(87)47(79)62(38(119-71)30-134-14-6-22-142(104,105)106)126-69-53(85)45(77)60(36(117-69)28-132-12-4-20-140(98,99)100)124-67-51(83)43(75)58(122-65)34(115-67)26-130-10-2-18-138(92,93)94/h33-88H,1-32H2,(H,89,90,91)(H,92,93,94)(H,95,96,97)(H,98,99,100)(H,101,102,103)(H,104,105,106)(H,107,108,109)(H,110,111,112)/t33?,34?,35?,36?,37?,38?,39?,40?,41?,42?,43?,44?,45?,46?,47?,48?,49?,50?,51?,52?,53?,54?,55?,56?,57-,58-,59-,60-,61-,62-,63-,64-,65-,66-,67-,68-,69-,70-,71-,72-/m1/s1. The summed E-state index contributed by atoms with van der Waals surface area (Å²) in [5, 5.41) is 198. The van der Waals surface area contributed by atoms with Crippen LogP contribution in [0.5, 0.6) is 0 Å². The molecule has 24 unspecified atom stereocenters. The van der Waals surface area contributed by atoms with E-state index in [1.807, 2.05) is 0 Å². The first-order valence-corrected chi connectivity index (χ1v) is 66.8. The van der Waals surface area contributed by atoms with Crippen LogP contribution in [0.2, 0.25) is 0 Å². The minimum Gasteiger partial charge on any atom is -0.387 e. The van der Waals surface area contributed by atoms with Gasteiger partial charge in [0, 0.05) is 46.0 Å². The van der Waals surface area contributed by atoms with Crippen LogP contribution < -0.4 is 0 Å². The number of ether oxygens (including phenoxy) is 16. The summed E-state index contributed by atoms with van der Waals surface area (Å²) >= 11 is 6.77. The lowest BCUT2D eigenvalue weighted by Crippen LogP contribution is -2.69. The van der Waals surface area contributed by atoms with Crippen molar-refractivity contribution in [2.45, 2.75) is 297 Å². The van der Waals surface area contributed by atoms with Crippen LogP contribution in [-0.2, 0) is 157 Å². The van der Waals surface area contributed by atoms with Gasteiger partial charge in [-0.05, 0) is 97.4 Å². The third-order valence-electron chi connectivity index (χ3n) is 23.2. The average molecular weight is 2400 g/mol. The molecule has 0 aromatic carbocycles. The van der Waals surface area contributed by atoms with E-state index in [-0.39, 0.29) is 97.4 Å².